The van der Waals surface area contributed by atoms with Crippen molar-refractivity contribution in [2.24, 2.45) is 0 Å². The maximum absolute atomic E-state index is 11.9. The Morgan fingerprint density at radius 3 is 2.46 bits per heavy atom. The molecule has 1 aliphatic heterocycles. The Kier molecular flexibility index (Phi) is 5.68. The van der Waals surface area contributed by atoms with Crippen molar-refractivity contribution < 1.29 is 17.9 Å². The molecule has 152 valence electrons. The standard InChI is InChI=1S/C17H23N5O5S/c1-12-15(13(2)27-19-12)11-20-6-8-21(9-7-20)16-5-4-14(28(25,26)18-3)10-17(16)22(23)24/h4-5,10,18H,6-9,11H2,1-3H3. The van der Waals surface area contributed by atoms with Crippen molar-refractivity contribution in [3.8, 4) is 0 Å². The predicted octanol–water partition coefficient (Wildman–Crippen LogP) is 1.43. The minimum atomic E-state index is -3.74. The van der Waals surface area contributed by atoms with Crippen molar-refractivity contribution in [3.05, 3.63) is 45.3 Å². The molecule has 0 unspecified atom stereocenters. The smallest absolute Gasteiger partial charge is 0.293 e. The van der Waals surface area contributed by atoms with Gasteiger partial charge in [-0.2, -0.15) is 0 Å². The van der Waals surface area contributed by atoms with E-state index in [1.54, 1.807) is 0 Å². The third-order valence-electron chi connectivity index (χ3n) is 5.00. The molecule has 0 bridgehead atoms. The van der Waals surface area contributed by atoms with E-state index in [2.05, 4.69) is 14.8 Å². The topological polar surface area (TPSA) is 122 Å². The summed E-state index contributed by atoms with van der Waals surface area (Å²) in [5.74, 6) is 0.803. The maximum atomic E-state index is 11.9. The van der Waals surface area contributed by atoms with Gasteiger partial charge in [0.25, 0.3) is 5.69 Å². The van der Waals surface area contributed by atoms with Gasteiger partial charge in [-0.25, -0.2) is 13.1 Å². The molecule has 0 spiro atoms. The van der Waals surface area contributed by atoms with Crippen LogP contribution in [-0.4, -0.2) is 56.6 Å². The fourth-order valence-electron chi connectivity index (χ4n) is 3.30. The molecule has 11 heteroatoms. The second-order valence-electron chi connectivity index (χ2n) is 6.68. The number of hydrogen-bond acceptors (Lipinski definition) is 8. The summed E-state index contributed by atoms with van der Waals surface area (Å²) in [7, 11) is -2.47. The number of nitro benzene ring substituents is 1. The number of nitrogens with one attached hydrogen (secondary N) is 1. The van der Waals surface area contributed by atoms with Crippen LogP contribution in [-0.2, 0) is 16.6 Å². The van der Waals surface area contributed by atoms with Gasteiger partial charge in [-0.3, -0.25) is 15.0 Å². The van der Waals surface area contributed by atoms with Gasteiger partial charge in [-0.15, -0.1) is 0 Å². The lowest BCUT2D eigenvalue weighted by Gasteiger charge is -2.35. The van der Waals surface area contributed by atoms with Gasteiger partial charge in [-0.05, 0) is 33.0 Å². The van der Waals surface area contributed by atoms with Crippen LogP contribution in [0.4, 0.5) is 11.4 Å². The zero-order valence-electron chi connectivity index (χ0n) is 16.0. The third-order valence-corrected chi connectivity index (χ3v) is 6.41. The summed E-state index contributed by atoms with van der Waals surface area (Å²) < 4.78 is 31.3. The molecule has 1 aromatic heterocycles. The Hall–Kier alpha value is -2.50. The second-order valence-corrected chi connectivity index (χ2v) is 8.57. The maximum Gasteiger partial charge on any atom is 0.293 e. The van der Waals surface area contributed by atoms with Crippen molar-refractivity contribution in [3.63, 3.8) is 0 Å². The van der Waals surface area contributed by atoms with E-state index in [9.17, 15) is 18.5 Å². The normalized spacial score (nSPS) is 15.8. The number of aromatic nitrogens is 1. The van der Waals surface area contributed by atoms with Crippen LogP contribution in [0.1, 0.15) is 17.0 Å². The lowest BCUT2D eigenvalue weighted by atomic mass is 10.1. The van der Waals surface area contributed by atoms with E-state index in [0.29, 0.717) is 18.8 Å². The number of nitrogens with zero attached hydrogens (tertiary/aromatic N) is 4. The highest BCUT2D eigenvalue weighted by molar-refractivity contribution is 7.89. The molecule has 1 aliphatic rings. The Morgan fingerprint density at radius 1 is 1.25 bits per heavy atom. The van der Waals surface area contributed by atoms with Gasteiger partial charge in [0.1, 0.15) is 11.4 Å². The molecule has 1 fully saturated rings. The van der Waals surface area contributed by atoms with E-state index in [1.165, 1.54) is 19.2 Å². The van der Waals surface area contributed by atoms with Gasteiger partial charge in [0.2, 0.25) is 10.0 Å². The molecular formula is C17H23N5O5S. The van der Waals surface area contributed by atoms with Crippen LogP contribution in [0.15, 0.2) is 27.6 Å². The summed E-state index contributed by atoms with van der Waals surface area (Å²) in [6.45, 7) is 7.15. The third kappa shape index (κ3) is 4.01. The molecule has 1 aromatic carbocycles. The van der Waals surface area contributed by atoms with Gasteiger partial charge in [0, 0.05) is 44.4 Å². The van der Waals surface area contributed by atoms with Crippen molar-refractivity contribution in [2.45, 2.75) is 25.3 Å². The summed E-state index contributed by atoms with van der Waals surface area (Å²) in [5.41, 5.74) is 2.16. The lowest BCUT2D eigenvalue weighted by molar-refractivity contribution is -0.384. The highest BCUT2D eigenvalue weighted by Gasteiger charge is 2.27. The first-order valence-electron chi connectivity index (χ1n) is 8.84. The number of piperazine rings is 1. The summed E-state index contributed by atoms with van der Waals surface area (Å²) in [4.78, 5) is 15.0. The largest absolute Gasteiger partial charge is 0.363 e. The van der Waals surface area contributed by atoms with Crippen molar-refractivity contribution in [2.75, 3.05) is 38.1 Å². The van der Waals surface area contributed by atoms with Crippen LogP contribution in [0, 0.1) is 24.0 Å². The van der Waals surface area contributed by atoms with E-state index in [4.69, 9.17) is 4.52 Å². The SMILES string of the molecule is CNS(=O)(=O)c1ccc(N2CCN(Cc3c(C)noc3C)CC2)c([N+](=O)[O-])c1. The zero-order valence-corrected chi connectivity index (χ0v) is 16.8. The number of benzene rings is 1. The van der Waals surface area contributed by atoms with Crippen molar-refractivity contribution >= 4 is 21.4 Å². The quantitative estimate of drug-likeness (QED) is 0.562. The minimum absolute atomic E-state index is 0.123. The number of aryl methyl sites for hydroxylation is 2. The molecule has 10 nitrogen and oxygen atoms in total. The van der Waals surface area contributed by atoms with E-state index < -0.39 is 14.9 Å². The molecular weight excluding hydrogens is 386 g/mol. The molecule has 1 saturated heterocycles. The molecule has 0 radical (unpaired) electrons. The number of sulfonamides is 1. The minimum Gasteiger partial charge on any atom is -0.363 e. The van der Waals surface area contributed by atoms with E-state index in [1.807, 2.05) is 18.7 Å². The highest BCUT2D eigenvalue weighted by atomic mass is 32.2. The molecule has 2 heterocycles. The molecule has 0 atom stereocenters. The van der Waals surface area contributed by atoms with E-state index in [0.717, 1.165) is 42.7 Å². The van der Waals surface area contributed by atoms with Crippen LogP contribution in [0.25, 0.3) is 0 Å². The molecule has 2 aromatic rings. The number of nitro groups is 1. The summed E-state index contributed by atoms with van der Waals surface area (Å²) in [6.07, 6.45) is 0. The lowest BCUT2D eigenvalue weighted by Crippen LogP contribution is -2.46. The summed E-state index contributed by atoms with van der Waals surface area (Å²) in [5, 5.41) is 15.5. The average molecular weight is 409 g/mol. The first-order chi connectivity index (χ1) is 13.2. The van der Waals surface area contributed by atoms with Gasteiger partial charge in [-0.1, -0.05) is 5.16 Å². The predicted molar refractivity (Wildman–Crippen MR) is 103 cm³/mol. The van der Waals surface area contributed by atoms with Crippen molar-refractivity contribution in [1.82, 2.24) is 14.8 Å². The van der Waals surface area contributed by atoms with Crippen LogP contribution in [0.3, 0.4) is 0 Å². The van der Waals surface area contributed by atoms with Crippen LogP contribution < -0.4 is 9.62 Å². The molecule has 1 N–H and O–H groups in total. The van der Waals surface area contributed by atoms with E-state index >= 15 is 0 Å². The molecule has 0 amide bonds. The Morgan fingerprint density at radius 2 is 1.93 bits per heavy atom. The number of anilines is 1. The fraction of sp³-hybridized carbons (Fsp3) is 0.471. The second kappa shape index (κ2) is 7.86. The highest BCUT2D eigenvalue weighted by Crippen LogP contribution is 2.31. The van der Waals surface area contributed by atoms with Crippen molar-refractivity contribution in [1.29, 1.82) is 0 Å². The average Bonchev–Trinajstić information content (AvgIpc) is 3.00. The van der Waals surface area contributed by atoms with E-state index in [-0.39, 0.29) is 10.6 Å². The summed E-state index contributed by atoms with van der Waals surface area (Å²) in [6, 6.07) is 4.01. The Bertz CT molecular complexity index is 960. The first kappa shape index (κ1) is 20.2. The molecule has 0 saturated carbocycles. The van der Waals surface area contributed by atoms with Gasteiger partial charge < -0.3 is 9.42 Å². The molecule has 0 aliphatic carbocycles. The Labute approximate surface area is 163 Å². The van der Waals surface area contributed by atoms with Crippen LogP contribution in [0.5, 0.6) is 0 Å². The zero-order chi connectivity index (χ0) is 20.5. The van der Waals surface area contributed by atoms with Crippen LogP contribution >= 0.6 is 0 Å². The van der Waals surface area contributed by atoms with Gasteiger partial charge in [0.15, 0.2) is 0 Å². The monoisotopic (exact) mass is 409 g/mol. The van der Waals surface area contributed by atoms with Gasteiger partial charge in [0.05, 0.1) is 15.5 Å². The Balaban J connectivity index is 1.76. The number of rotatable bonds is 6. The number of hydrogen-bond donors (Lipinski definition) is 1. The molecule has 28 heavy (non-hydrogen) atoms. The molecule has 3 rings (SSSR count). The fourth-order valence-corrected chi connectivity index (χ4v) is 4.05. The summed E-state index contributed by atoms with van der Waals surface area (Å²) >= 11 is 0. The first-order valence-corrected chi connectivity index (χ1v) is 10.3. The van der Waals surface area contributed by atoms with Gasteiger partial charge >= 0.3 is 0 Å². The van der Waals surface area contributed by atoms with Crippen LogP contribution in [0.2, 0.25) is 0 Å².